The Labute approximate surface area is 183 Å². The van der Waals surface area contributed by atoms with E-state index in [1.807, 2.05) is 40.1 Å². The second-order valence-electron chi connectivity index (χ2n) is 8.84. The SMILES string of the molecule is Cc1ccc2[nH]cc(C(c3c[nH]c4ccc(C)cc34)P(=O)(OC(C)C)OC(C)C)c2c1. The van der Waals surface area contributed by atoms with Crippen LogP contribution in [0, 0.1) is 13.8 Å². The molecule has 2 heterocycles. The van der Waals surface area contributed by atoms with E-state index in [0.29, 0.717) is 0 Å². The topological polar surface area (TPSA) is 67.1 Å². The van der Waals surface area contributed by atoms with Crippen molar-refractivity contribution in [2.75, 3.05) is 0 Å². The minimum atomic E-state index is -3.60. The molecule has 0 amide bonds. The third-order valence-corrected chi connectivity index (χ3v) is 7.98. The molecule has 0 atom stereocenters. The highest BCUT2D eigenvalue weighted by atomic mass is 31.2. The monoisotopic (exact) mass is 438 g/mol. The van der Waals surface area contributed by atoms with E-state index in [1.165, 1.54) is 0 Å². The highest BCUT2D eigenvalue weighted by Gasteiger charge is 2.42. The Hall–Kier alpha value is -2.33. The van der Waals surface area contributed by atoms with Crippen molar-refractivity contribution in [3.63, 3.8) is 0 Å². The molecule has 31 heavy (non-hydrogen) atoms. The number of nitrogens with one attached hydrogen (secondary N) is 2. The Morgan fingerprint density at radius 2 is 1.16 bits per heavy atom. The maximum atomic E-state index is 14.5. The standard InChI is InChI=1S/C25H31N2O3P/c1-15(2)29-31(28,30-16(3)4)25(21-13-26-23-9-7-17(5)11-19(21)23)22-14-27-24-10-8-18(6)12-20(22)24/h7-16,25-27H,1-6H3. The van der Waals surface area contributed by atoms with E-state index in [1.54, 1.807) is 0 Å². The van der Waals surface area contributed by atoms with Crippen LogP contribution in [0.1, 0.15) is 55.6 Å². The highest BCUT2D eigenvalue weighted by Crippen LogP contribution is 2.66. The Morgan fingerprint density at radius 3 is 1.55 bits per heavy atom. The summed E-state index contributed by atoms with van der Waals surface area (Å²) in [6.07, 6.45) is 3.41. The predicted molar refractivity (Wildman–Crippen MR) is 128 cm³/mol. The lowest BCUT2D eigenvalue weighted by atomic mass is 10.0. The van der Waals surface area contributed by atoms with E-state index in [2.05, 4.69) is 60.2 Å². The summed E-state index contributed by atoms with van der Waals surface area (Å²) in [6, 6.07) is 12.5. The average Bonchev–Trinajstić information content (AvgIpc) is 3.25. The first-order chi connectivity index (χ1) is 14.7. The number of hydrogen-bond acceptors (Lipinski definition) is 3. The van der Waals surface area contributed by atoms with Gasteiger partial charge in [-0.2, -0.15) is 0 Å². The molecule has 5 nitrogen and oxygen atoms in total. The molecule has 2 aromatic heterocycles. The van der Waals surface area contributed by atoms with Crippen molar-refractivity contribution in [1.29, 1.82) is 0 Å². The highest BCUT2D eigenvalue weighted by molar-refractivity contribution is 7.54. The van der Waals surface area contributed by atoms with Gasteiger partial charge >= 0.3 is 7.60 Å². The van der Waals surface area contributed by atoms with Gasteiger partial charge in [0.25, 0.3) is 0 Å². The molecule has 0 aliphatic heterocycles. The van der Waals surface area contributed by atoms with Gasteiger partial charge in [-0.25, -0.2) is 0 Å². The van der Waals surface area contributed by atoms with Crippen LogP contribution in [0.2, 0.25) is 0 Å². The molecule has 0 saturated heterocycles. The molecule has 4 rings (SSSR count). The summed E-state index contributed by atoms with van der Waals surface area (Å²) in [5.74, 6) is 0. The van der Waals surface area contributed by atoms with Crippen LogP contribution in [0.15, 0.2) is 48.8 Å². The van der Waals surface area contributed by atoms with Crippen molar-refractivity contribution in [3.05, 3.63) is 71.0 Å². The fraction of sp³-hybridized carbons (Fsp3) is 0.360. The molecule has 0 bridgehead atoms. The molecule has 4 aromatic rings. The average molecular weight is 439 g/mol. The van der Waals surface area contributed by atoms with E-state index in [0.717, 1.165) is 44.1 Å². The van der Waals surface area contributed by atoms with E-state index < -0.39 is 13.3 Å². The molecule has 0 unspecified atom stereocenters. The lowest BCUT2D eigenvalue weighted by Crippen LogP contribution is -2.14. The van der Waals surface area contributed by atoms with E-state index in [9.17, 15) is 4.57 Å². The molecular formula is C25H31N2O3P. The summed E-state index contributed by atoms with van der Waals surface area (Å²) in [6.45, 7) is 11.7. The molecule has 0 saturated carbocycles. The summed E-state index contributed by atoms with van der Waals surface area (Å²) in [7, 11) is -3.60. The van der Waals surface area contributed by atoms with Gasteiger partial charge in [-0.15, -0.1) is 0 Å². The quantitative estimate of drug-likeness (QED) is 0.295. The first kappa shape index (κ1) is 21.9. The van der Waals surface area contributed by atoms with Crippen LogP contribution in [-0.2, 0) is 13.6 Å². The van der Waals surface area contributed by atoms with Crippen LogP contribution in [0.4, 0.5) is 0 Å². The Bertz CT molecular complexity index is 1170. The van der Waals surface area contributed by atoms with Gasteiger partial charge in [0.15, 0.2) is 0 Å². The number of rotatable bonds is 7. The largest absolute Gasteiger partial charge is 0.361 e. The zero-order valence-electron chi connectivity index (χ0n) is 19.0. The maximum absolute atomic E-state index is 14.5. The molecule has 0 fully saturated rings. The fourth-order valence-corrected chi connectivity index (χ4v) is 6.78. The van der Waals surface area contributed by atoms with E-state index >= 15 is 0 Å². The van der Waals surface area contributed by atoms with Gasteiger partial charge in [-0.1, -0.05) is 23.3 Å². The number of H-pyrrole nitrogens is 2. The lowest BCUT2D eigenvalue weighted by Gasteiger charge is -2.30. The molecule has 0 aliphatic rings. The normalized spacial score (nSPS) is 12.8. The number of aromatic amines is 2. The van der Waals surface area contributed by atoms with Crippen LogP contribution in [0.5, 0.6) is 0 Å². The zero-order valence-corrected chi connectivity index (χ0v) is 19.9. The van der Waals surface area contributed by atoms with Crippen molar-refractivity contribution in [3.8, 4) is 0 Å². The van der Waals surface area contributed by atoms with Crippen molar-refractivity contribution in [2.45, 2.75) is 59.4 Å². The first-order valence-electron chi connectivity index (χ1n) is 10.8. The minimum absolute atomic E-state index is 0.244. The Kier molecular flexibility index (Phi) is 5.87. The van der Waals surface area contributed by atoms with Gasteiger partial charge in [0.05, 0.1) is 12.2 Å². The van der Waals surface area contributed by atoms with E-state index in [4.69, 9.17) is 9.05 Å². The number of benzene rings is 2. The van der Waals surface area contributed by atoms with Crippen LogP contribution >= 0.6 is 7.60 Å². The predicted octanol–water partition coefficient (Wildman–Crippen LogP) is 7.40. The van der Waals surface area contributed by atoms with Gasteiger partial charge in [0.2, 0.25) is 0 Å². The van der Waals surface area contributed by atoms with Crippen LogP contribution < -0.4 is 0 Å². The molecule has 2 aromatic carbocycles. The fourth-order valence-electron chi connectivity index (χ4n) is 4.21. The first-order valence-corrected chi connectivity index (χ1v) is 12.4. The van der Waals surface area contributed by atoms with Crippen molar-refractivity contribution in [1.82, 2.24) is 9.97 Å². The van der Waals surface area contributed by atoms with Crippen LogP contribution in [0.3, 0.4) is 0 Å². The van der Waals surface area contributed by atoms with Gasteiger partial charge in [-0.05, 0) is 76.9 Å². The van der Waals surface area contributed by atoms with Gasteiger partial charge in [0, 0.05) is 34.2 Å². The van der Waals surface area contributed by atoms with Crippen LogP contribution in [0.25, 0.3) is 21.8 Å². The summed E-state index contributed by atoms with van der Waals surface area (Å²) in [5, 5.41) is 2.07. The van der Waals surface area contributed by atoms with Gasteiger partial charge < -0.3 is 19.0 Å². The smallest absolute Gasteiger partial charge is 0.343 e. The van der Waals surface area contributed by atoms with Crippen molar-refractivity contribution < 1.29 is 13.6 Å². The second-order valence-corrected chi connectivity index (χ2v) is 10.9. The molecule has 0 aliphatic carbocycles. The number of aromatic nitrogens is 2. The molecule has 2 N–H and O–H groups in total. The summed E-state index contributed by atoms with van der Waals surface area (Å²) in [5.41, 5.74) is 5.57. The molecule has 164 valence electrons. The number of hydrogen-bond donors (Lipinski definition) is 2. The maximum Gasteiger partial charge on any atom is 0.343 e. The number of aryl methyl sites for hydroxylation is 2. The molecule has 0 radical (unpaired) electrons. The van der Waals surface area contributed by atoms with Gasteiger partial charge in [-0.3, -0.25) is 4.57 Å². The Balaban J connectivity index is 2.03. The summed E-state index contributed by atoms with van der Waals surface area (Å²) < 4.78 is 26.8. The number of fused-ring (bicyclic) bond motifs is 2. The molecular weight excluding hydrogens is 407 g/mol. The third-order valence-electron chi connectivity index (χ3n) is 5.36. The molecule has 6 heteroatoms. The zero-order chi connectivity index (χ0) is 22.3. The lowest BCUT2D eigenvalue weighted by molar-refractivity contribution is 0.139. The second kappa shape index (κ2) is 8.31. The van der Waals surface area contributed by atoms with Crippen molar-refractivity contribution >= 4 is 29.4 Å². The third kappa shape index (κ3) is 4.23. The van der Waals surface area contributed by atoms with E-state index in [-0.39, 0.29) is 12.2 Å². The Morgan fingerprint density at radius 1 is 0.742 bits per heavy atom. The minimum Gasteiger partial charge on any atom is -0.361 e. The van der Waals surface area contributed by atoms with Crippen LogP contribution in [-0.4, -0.2) is 22.2 Å². The van der Waals surface area contributed by atoms with Gasteiger partial charge in [0.1, 0.15) is 5.66 Å². The van der Waals surface area contributed by atoms with Crippen molar-refractivity contribution in [2.24, 2.45) is 0 Å². The summed E-state index contributed by atoms with van der Waals surface area (Å²) >= 11 is 0. The summed E-state index contributed by atoms with van der Waals surface area (Å²) in [4.78, 5) is 6.71. The molecule has 0 spiro atoms.